The van der Waals surface area contributed by atoms with E-state index in [1.54, 1.807) is 0 Å². The fourth-order valence-corrected chi connectivity index (χ4v) is 4.49. The fraction of sp³-hybridized carbons (Fsp3) is 0.400. The van der Waals surface area contributed by atoms with Crippen molar-refractivity contribution in [3.8, 4) is 11.3 Å². The van der Waals surface area contributed by atoms with Gasteiger partial charge in [0.1, 0.15) is 5.82 Å². The van der Waals surface area contributed by atoms with Crippen LogP contribution in [-0.4, -0.2) is 79.8 Å². The molecule has 0 radical (unpaired) electrons. The molecule has 2 amide bonds. The molecule has 1 aromatic carbocycles. The van der Waals surface area contributed by atoms with E-state index in [9.17, 15) is 4.79 Å². The molecule has 33 heavy (non-hydrogen) atoms. The Labute approximate surface area is 194 Å². The summed E-state index contributed by atoms with van der Waals surface area (Å²) in [6.45, 7) is 8.30. The number of aromatic nitrogens is 2. The van der Waals surface area contributed by atoms with Crippen molar-refractivity contribution in [3.05, 3.63) is 48.7 Å². The summed E-state index contributed by atoms with van der Waals surface area (Å²) in [6, 6.07) is 14.8. The first-order valence-electron chi connectivity index (χ1n) is 11.7. The van der Waals surface area contributed by atoms with Crippen molar-refractivity contribution in [3.63, 3.8) is 0 Å². The Morgan fingerprint density at radius 1 is 1.06 bits per heavy atom. The Bertz CT molecular complexity index is 1120. The first-order valence-corrected chi connectivity index (χ1v) is 11.7. The number of nitrogens with one attached hydrogen (secondary N) is 2. The van der Waals surface area contributed by atoms with E-state index in [4.69, 9.17) is 4.98 Å². The molecule has 0 spiro atoms. The second-order valence-electron chi connectivity index (χ2n) is 8.84. The van der Waals surface area contributed by atoms with E-state index in [1.807, 2.05) is 19.2 Å². The van der Waals surface area contributed by atoms with Gasteiger partial charge in [-0.05, 0) is 44.3 Å². The third-order valence-corrected chi connectivity index (χ3v) is 6.46. The summed E-state index contributed by atoms with van der Waals surface area (Å²) < 4.78 is 0. The number of likely N-dealkylation sites (N-methyl/N-ethyl adjacent to an activating group) is 1. The SMILES string of the molecule is CCNC(=O)NC1CN(c2nc(-c3ccc(N4CCN(C)CC4)cc3)cc3ncccc23)C1. The second-order valence-corrected chi connectivity index (χ2v) is 8.84. The molecule has 0 bridgehead atoms. The molecular formula is C25H31N7O. The van der Waals surface area contributed by atoms with Crippen LogP contribution in [-0.2, 0) is 0 Å². The number of carbonyl (C=O) groups excluding carboxylic acids is 1. The highest BCUT2D eigenvalue weighted by molar-refractivity contribution is 5.93. The Morgan fingerprint density at radius 3 is 2.55 bits per heavy atom. The molecule has 0 saturated carbocycles. The quantitative estimate of drug-likeness (QED) is 0.629. The van der Waals surface area contributed by atoms with E-state index in [0.717, 1.165) is 67.2 Å². The smallest absolute Gasteiger partial charge is 0.315 e. The van der Waals surface area contributed by atoms with Gasteiger partial charge in [-0.2, -0.15) is 0 Å². The lowest BCUT2D eigenvalue weighted by Gasteiger charge is -2.40. The lowest BCUT2D eigenvalue weighted by Crippen LogP contribution is -2.61. The zero-order valence-electron chi connectivity index (χ0n) is 19.3. The first-order chi connectivity index (χ1) is 16.1. The minimum Gasteiger partial charge on any atom is -0.369 e. The standard InChI is InChI=1S/C25H31N7O/c1-3-26-25(33)28-19-16-32(17-19)24-21-5-4-10-27-23(21)15-22(29-24)18-6-8-20(9-7-18)31-13-11-30(2)12-14-31/h4-10,15,19H,3,11-14,16-17H2,1-2H3,(H2,26,28,33). The summed E-state index contributed by atoms with van der Waals surface area (Å²) in [5, 5.41) is 6.83. The molecule has 2 aliphatic rings. The van der Waals surface area contributed by atoms with Gasteiger partial charge in [-0.3, -0.25) is 4.98 Å². The van der Waals surface area contributed by atoms with Crippen LogP contribution in [0.25, 0.3) is 22.2 Å². The van der Waals surface area contributed by atoms with Crippen LogP contribution in [0.4, 0.5) is 16.3 Å². The molecule has 172 valence electrons. The third kappa shape index (κ3) is 4.57. The van der Waals surface area contributed by atoms with Crippen LogP contribution in [0.15, 0.2) is 48.7 Å². The summed E-state index contributed by atoms with van der Waals surface area (Å²) in [6.07, 6.45) is 1.82. The van der Waals surface area contributed by atoms with Gasteiger partial charge < -0.3 is 25.3 Å². The normalized spacial score (nSPS) is 17.2. The highest BCUT2D eigenvalue weighted by atomic mass is 16.2. The minimum atomic E-state index is -0.115. The van der Waals surface area contributed by atoms with Gasteiger partial charge in [-0.1, -0.05) is 12.1 Å². The van der Waals surface area contributed by atoms with Gasteiger partial charge in [-0.25, -0.2) is 9.78 Å². The van der Waals surface area contributed by atoms with E-state index in [0.29, 0.717) is 6.54 Å². The van der Waals surface area contributed by atoms with Gasteiger partial charge in [0.15, 0.2) is 0 Å². The van der Waals surface area contributed by atoms with E-state index >= 15 is 0 Å². The number of piperazine rings is 1. The molecule has 2 saturated heterocycles. The second kappa shape index (κ2) is 9.23. The van der Waals surface area contributed by atoms with Crippen molar-refractivity contribution in [2.45, 2.75) is 13.0 Å². The number of fused-ring (bicyclic) bond motifs is 1. The number of hydrogen-bond donors (Lipinski definition) is 2. The zero-order valence-corrected chi connectivity index (χ0v) is 19.3. The van der Waals surface area contributed by atoms with Crippen LogP contribution in [0.2, 0.25) is 0 Å². The number of benzene rings is 1. The van der Waals surface area contributed by atoms with Crippen LogP contribution < -0.4 is 20.4 Å². The molecule has 5 rings (SSSR count). The van der Waals surface area contributed by atoms with E-state index in [-0.39, 0.29) is 12.1 Å². The summed E-state index contributed by atoms with van der Waals surface area (Å²) in [5.74, 6) is 0.924. The first kappa shape index (κ1) is 21.5. The predicted molar refractivity (Wildman–Crippen MR) is 133 cm³/mol. The number of pyridine rings is 2. The number of urea groups is 1. The lowest BCUT2D eigenvalue weighted by atomic mass is 10.1. The number of anilines is 2. The van der Waals surface area contributed by atoms with Crippen LogP contribution in [0.1, 0.15) is 6.92 Å². The zero-order chi connectivity index (χ0) is 22.8. The lowest BCUT2D eigenvalue weighted by molar-refractivity contribution is 0.234. The summed E-state index contributed by atoms with van der Waals surface area (Å²) in [5.41, 5.74) is 4.19. The Morgan fingerprint density at radius 2 is 1.82 bits per heavy atom. The van der Waals surface area contributed by atoms with Gasteiger partial charge in [0.25, 0.3) is 0 Å². The Balaban J connectivity index is 1.37. The van der Waals surface area contributed by atoms with Crippen LogP contribution in [0.3, 0.4) is 0 Å². The molecule has 8 nitrogen and oxygen atoms in total. The molecule has 2 aromatic heterocycles. The number of rotatable bonds is 5. The summed E-state index contributed by atoms with van der Waals surface area (Å²) >= 11 is 0. The fourth-order valence-electron chi connectivity index (χ4n) is 4.49. The molecule has 8 heteroatoms. The number of nitrogens with zero attached hydrogens (tertiary/aromatic N) is 5. The van der Waals surface area contributed by atoms with Crippen molar-refractivity contribution in [1.29, 1.82) is 0 Å². The minimum absolute atomic E-state index is 0.115. The largest absolute Gasteiger partial charge is 0.369 e. The maximum Gasteiger partial charge on any atom is 0.315 e. The Kier molecular flexibility index (Phi) is 6.00. The monoisotopic (exact) mass is 445 g/mol. The van der Waals surface area contributed by atoms with E-state index < -0.39 is 0 Å². The maximum absolute atomic E-state index is 11.8. The molecule has 2 N–H and O–H groups in total. The van der Waals surface area contributed by atoms with Gasteiger partial charge in [-0.15, -0.1) is 0 Å². The van der Waals surface area contributed by atoms with E-state index in [1.165, 1.54) is 5.69 Å². The van der Waals surface area contributed by atoms with Crippen molar-refractivity contribution in [2.75, 3.05) is 62.7 Å². The van der Waals surface area contributed by atoms with Crippen molar-refractivity contribution in [1.82, 2.24) is 25.5 Å². The van der Waals surface area contributed by atoms with Crippen LogP contribution in [0, 0.1) is 0 Å². The number of carbonyl (C=O) groups is 1. The van der Waals surface area contributed by atoms with Crippen molar-refractivity contribution < 1.29 is 4.79 Å². The highest BCUT2D eigenvalue weighted by Crippen LogP contribution is 2.32. The molecule has 3 aromatic rings. The average Bonchev–Trinajstić information content (AvgIpc) is 2.81. The van der Waals surface area contributed by atoms with Gasteiger partial charge >= 0.3 is 6.03 Å². The van der Waals surface area contributed by atoms with Crippen LogP contribution in [0.5, 0.6) is 0 Å². The van der Waals surface area contributed by atoms with E-state index in [2.05, 4.69) is 73.8 Å². The van der Waals surface area contributed by atoms with Gasteiger partial charge in [0.05, 0.1) is 17.3 Å². The molecule has 0 atom stereocenters. The highest BCUT2D eigenvalue weighted by Gasteiger charge is 2.30. The predicted octanol–water partition coefficient (Wildman–Crippen LogP) is 2.56. The molecular weight excluding hydrogens is 414 g/mol. The maximum atomic E-state index is 11.8. The Hall–Kier alpha value is -3.39. The molecule has 0 aliphatic carbocycles. The molecule has 0 unspecified atom stereocenters. The van der Waals surface area contributed by atoms with Gasteiger partial charge in [0, 0.05) is 68.6 Å². The van der Waals surface area contributed by atoms with Crippen LogP contribution >= 0.6 is 0 Å². The summed E-state index contributed by atoms with van der Waals surface area (Å²) in [7, 11) is 2.17. The topological polar surface area (TPSA) is 76.6 Å². The summed E-state index contributed by atoms with van der Waals surface area (Å²) in [4.78, 5) is 28.5. The van der Waals surface area contributed by atoms with Crippen molar-refractivity contribution >= 4 is 28.4 Å². The molecule has 2 fully saturated rings. The van der Waals surface area contributed by atoms with Gasteiger partial charge in [0.2, 0.25) is 0 Å². The number of hydrogen-bond acceptors (Lipinski definition) is 6. The molecule has 4 heterocycles. The molecule has 2 aliphatic heterocycles. The third-order valence-electron chi connectivity index (χ3n) is 6.46. The van der Waals surface area contributed by atoms with Crippen molar-refractivity contribution in [2.24, 2.45) is 0 Å². The average molecular weight is 446 g/mol. The number of amides is 2.